The predicted octanol–water partition coefficient (Wildman–Crippen LogP) is -0.817. The molecule has 0 amide bonds. The quantitative estimate of drug-likeness (QED) is 0.715. The fourth-order valence-corrected chi connectivity index (χ4v) is 2.40. The van der Waals surface area contributed by atoms with E-state index in [1.54, 1.807) is 13.8 Å². The number of fused-ring (bicyclic) bond motifs is 1. The molecule has 0 aromatic carbocycles. The molecule has 0 saturated carbocycles. The van der Waals surface area contributed by atoms with Crippen molar-refractivity contribution < 1.29 is 14.2 Å². The Bertz CT molecular complexity index is 607. The molecule has 103 valence electrons. The lowest BCUT2D eigenvalue weighted by Crippen LogP contribution is -2.39. The minimum Gasteiger partial charge on any atom is -0.347 e. The van der Waals surface area contributed by atoms with E-state index >= 15 is 0 Å². The Labute approximate surface area is 108 Å². The molecule has 8 nitrogen and oxygen atoms in total. The number of H-pyrrole nitrogens is 1. The van der Waals surface area contributed by atoms with Crippen LogP contribution in [0.1, 0.15) is 20.1 Å². The number of nitrogens with one attached hydrogen (secondary N) is 1. The molecule has 1 N–H and O–H groups in total. The molecule has 3 heterocycles. The van der Waals surface area contributed by atoms with E-state index in [1.165, 1.54) is 0 Å². The minimum atomic E-state index is -0.765. The SMILES string of the molecule is [CH2][C@H]1O[C@@H](n2ncc(=O)[nH]c2=O)[C@@H]2OC(C)(C)O[C@@H]21. The van der Waals surface area contributed by atoms with Gasteiger partial charge in [0.2, 0.25) is 0 Å². The summed E-state index contributed by atoms with van der Waals surface area (Å²) in [5.41, 5.74) is -1.22. The van der Waals surface area contributed by atoms with Crippen LogP contribution in [0.5, 0.6) is 0 Å². The second kappa shape index (κ2) is 3.99. The molecule has 2 aliphatic rings. The summed E-state index contributed by atoms with van der Waals surface area (Å²) in [6, 6.07) is 0. The summed E-state index contributed by atoms with van der Waals surface area (Å²) in [7, 11) is 0. The molecule has 0 spiro atoms. The van der Waals surface area contributed by atoms with Crippen molar-refractivity contribution in [1.29, 1.82) is 0 Å². The van der Waals surface area contributed by atoms with Crippen molar-refractivity contribution in [3.05, 3.63) is 34.0 Å². The monoisotopic (exact) mass is 268 g/mol. The van der Waals surface area contributed by atoms with Crippen LogP contribution in [-0.2, 0) is 14.2 Å². The molecule has 0 aliphatic carbocycles. The van der Waals surface area contributed by atoms with Gasteiger partial charge in [-0.25, -0.2) is 4.79 Å². The van der Waals surface area contributed by atoms with E-state index in [2.05, 4.69) is 17.0 Å². The van der Waals surface area contributed by atoms with Crippen molar-refractivity contribution >= 4 is 0 Å². The van der Waals surface area contributed by atoms with E-state index in [-0.39, 0.29) is 6.10 Å². The zero-order valence-corrected chi connectivity index (χ0v) is 10.5. The Balaban J connectivity index is 1.98. The van der Waals surface area contributed by atoms with Gasteiger partial charge in [0, 0.05) is 0 Å². The average molecular weight is 268 g/mol. The summed E-state index contributed by atoms with van der Waals surface area (Å²) < 4.78 is 18.0. The zero-order valence-electron chi connectivity index (χ0n) is 10.5. The molecule has 0 unspecified atom stereocenters. The third-order valence-corrected chi connectivity index (χ3v) is 3.10. The molecule has 3 rings (SSSR count). The van der Waals surface area contributed by atoms with E-state index in [0.717, 1.165) is 10.9 Å². The third-order valence-electron chi connectivity index (χ3n) is 3.10. The molecule has 1 radical (unpaired) electrons. The number of aromatic amines is 1. The first-order chi connectivity index (χ1) is 8.87. The highest BCUT2D eigenvalue weighted by molar-refractivity contribution is 4.97. The molecule has 1 aromatic rings. The smallest absolute Gasteiger partial charge is 0.347 e. The Morgan fingerprint density at radius 1 is 1.37 bits per heavy atom. The largest absolute Gasteiger partial charge is 0.347 e. The van der Waals surface area contributed by atoms with Crippen LogP contribution in [0.4, 0.5) is 0 Å². The first kappa shape index (κ1) is 12.5. The molecule has 4 atom stereocenters. The summed E-state index contributed by atoms with van der Waals surface area (Å²) >= 11 is 0. The summed E-state index contributed by atoms with van der Waals surface area (Å²) in [4.78, 5) is 24.9. The average Bonchev–Trinajstić information content (AvgIpc) is 2.75. The lowest BCUT2D eigenvalue weighted by atomic mass is 10.1. The van der Waals surface area contributed by atoms with Crippen LogP contribution >= 0.6 is 0 Å². The topological polar surface area (TPSA) is 95.4 Å². The van der Waals surface area contributed by atoms with Crippen molar-refractivity contribution in [2.75, 3.05) is 0 Å². The second-order valence-electron chi connectivity index (χ2n) is 5.01. The first-order valence-electron chi connectivity index (χ1n) is 5.90. The van der Waals surface area contributed by atoms with Gasteiger partial charge in [-0.2, -0.15) is 9.78 Å². The predicted molar refractivity (Wildman–Crippen MR) is 62.2 cm³/mol. The lowest BCUT2D eigenvalue weighted by Gasteiger charge is -2.23. The fraction of sp³-hybridized carbons (Fsp3) is 0.636. The van der Waals surface area contributed by atoms with E-state index in [1.807, 2.05) is 0 Å². The highest BCUT2D eigenvalue weighted by Gasteiger charge is 2.55. The maximum absolute atomic E-state index is 11.7. The molecule has 0 bridgehead atoms. The van der Waals surface area contributed by atoms with E-state index in [0.29, 0.717) is 0 Å². The van der Waals surface area contributed by atoms with Crippen LogP contribution in [-0.4, -0.2) is 38.9 Å². The Hall–Kier alpha value is -1.51. The molecule has 2 fully saturated rings. The molecular weight excluding hydrogens is 254 g/mol. The van der Waals surface area contributed by atoms with Crippen molar-refractivity contribution in [2.45, 2.75) is 44.2 Å². The number of aromatic nitrogens is 3. The van der Waals surface area contributed by atoms with Crippen LogP contribution in [0.2, 0.25) is 0 Å². The van der Waals surface area contributed by atoms with Gasteiger partial charge in [0.15, 0.2) is 12.0 Å². The summed E-state index contributed by atoms with van der Waals surface area (Å²) in [6.07, 6.45) is -1.10. The van der Waals surface area contributed by atoms with Gasteiger partial charge in [-0.3, -0.25) is 9.78 Å². The van der Waals surface area contributed by atoms with Gasteiger partial charge in [-0.05, 0) is 20.8 Å². The van der Waals surface area contributed by atoms with Crippen LogP contribution in [0.3, 0.4) is 0 Å². The Morgan fingerprint density at radius 3 is 2.74 bits per heavy atom. The third kappa shape index (κ3) is 2.01. The zero-order chi connectivity index (χ0) is 13.8. The first-order valence-corrected chi connectivity index (χ1v) is 5.90. The maximum Gasteiger partial charge on any atom is 0.347 e. The summed E-state index contributed by atoms with van der Waals surface area (Å²) in [6.45, 7) is 7.38. The minimum absolute atomic E-state index is 0.374. The van der Waals surface area contributed by atoms with Crippen molar-refractivity contribution in [3.63, 3.8) is 0 Å². The van der Waals surface area contributed by atoms with Gasteiger partial charge in [0.05, 0.1) is 6.10 Å². The van der Waals surface area contributed by atoms with Gasteiger partial charge in [-0.15, -0.1) is 0 Å². The van der Waals surface area contributed by atoms with E-state index in [4.69, 9.17) is 14.2 Å². The number of hydrogen-bond acceptors (Lipinski definition) is 6. The van der Waals surface area contributed by atoms with Gasteiger partial charge in [0.1, 0.15) is 18.4 Å². The van der Waals surface area contributed by atoms with E-state index < -0.39 is 35.5 Å². The summed E-state index contributed by atoms with van der Waals surface area (Å²) in [5, 5.41) is 3.77. The van der Waals surface area contributed by atoms with Crippen LogP contribution in [0.25, 0.3) is 0 Å². The van der Waals surface area contributed by atoms with Crippen LogP contribution < -0.4 is 11.2 Å². The van der Waals surface area contributed by atoms with Gasteiger partial charge >= 0.3 is 5.69 Å². The standard InChI is InChI=1S/C11H14N3O5/c1-5-7-8(19-11(2,3)18-7)9(17-5)14-10(16)13-6(15)4-12-14/h4-5,7-9H,1H2,2-3H3,(H,13,15,16)/t5-,7-,8-,9-/m1/s1. The van der Waals surface area contributed by atoms with Crippen molar-refractivity contribution in [2.24, 2.45) is 0 Å². The Kier molecular flexibility index (Phi) is 2.63. The van der Waals surface area contributed by atoms with Crippen LogP contribution in [0.15, 0.2) is 15.8 Å². The van der Waals surface area contributed by atoms with E-state index in [9.17, 15) is 9.59 Å². The molecule has 19 heavy (non-hydrogen) atoms. The van der Waals surface area contributed by atoms with Gasteiger partial charge < -0.3 is 14.2 Å². The Morgan fingerprint density at radius 2 is 2.05 bits per heavy atom. The fourth-order valence-electron chi connectivity index (χ4n) is 2.40. The lowest BCUT2D eigenvalue weighted by molar-refractivity contribution is -0.193. The highest BCUT2D eigenvalue weighted by atomic mass is 16.8. The van der Waals surface area contributed by atoms with Crippen molar-refractivity contribution in [3.8, 4) is 0 Å². The number of ether oxygens (including phenoxy) is 3. The number of nitrogens with zero attached hydrogens (tertiary/aromatic N) is 2. The number of rotatable bonds is 1. The maximum atomic E-state index is 11.7. The van der Waals surface area contributed by atoms with Crippen molar-refractivity contribution in [1.82, 2.24) is 14.8 Å². The molecule has 2 aliphatic heterocycles. The normalized spacial score (nSPS) is 36.4. The molecular formula is C11H14N3O5. The van der Waals surface area contributed by atoms with Gasteiger partial charge in [-0.1, -0.05) is 0 Å². The van der Waals surface area contributed by atoms with Crippen LogP contribution in [0, 0.1) is 6.92 Å². The van der Waals surface area contributed by atoms with Gasteiger partial charge in [0.25, 0.3) is 5.56 Å². The summed E-state index contributed by atoms with van der Waals surface area (Å²) in [5.74, 6) is -0.765. The number of hydrogen-bond donors (Lipinski definition) is 1. The highest BCUT2D eigenvalue weighted by Crippen LogP contribution is 2.41. The molecule has 1 aromatic heterocycles. The molecule has 8 heteroatoms. The molecule has 2 saturated heterocycles. The second-order valence-corrected chi connectivity index (χ2v) is 5.01.